The summed E-state index contributed by atoms with van der Waals surface area (Å²) in [4.78, 5) is 46.2. The molecular formula is C40H52N6O10. The fraction of sp³-hybridized carbons (Fsp3) is 0.400. The summed E-state index contributed by atoms with van der Waals surface area (Å²) in [7, 11) is 3.10. The van der Waals surface area contributed by atoms with Crippen LogP contribution >= 0.6 is 0 Å². The monoisotopic (exact) mass is 776 g/mol. The molecule has 0 aliphatic rings. The van der Waals surface area contributed by atoms with E-state index in [9.17, 15) is 19.2 Å². The van der Waals surface area contributed by atoms with Crippen molar-refractivity contribution in [2.45, 2.75) is 90.3 Å². The Bertz CT molecular complexity index is 1620. The summed E-state index contributed by atoms with van der Waals surface area (Å²) in [6, 6.07) is 18.5. The molecular weight excluding hydrogens is 724 g/mol. The number of hydroxylamine groups is 2. The van der Waals surface area contributed by atoms with Crippen LogP contribution < -0.4 is 40.8 Å². The van der Waals surface area contributed by atoms with Crippen molar-refractivity contribution in [2.75, 3.05) is 14.2 Å². The number of benzene rings is 3. The van der Waals surface area contributed by atoms with E-state index in [2.05, 4.69) is 21.1 Å². The van der Waals surface area contributed by atoms with Crippen LogP contribution in [-0.4, -0.2) is 60.7 Å². The highest BCUT2D eigenvalue weighted by Gasteiger charge is 2.09. The molecule has 16 nitrogen and oxygen atoms in total. The summed E-state index contributed by atoms with van der Waals surface area (Å²) in [6.07, 6.45) is 10.0. The number of ether oxygens (including phenoxy) is 4. The highest BCUT2D eigenvalue weighted by molar-refractivity contribution is 5.84. The summed E-state index contributed by atoms with van der Waals surface area (Å²) in [5, 5.41) is 25.1. The number of nitrogens with zero attached hydrogens (tertiary/aromatic N) is 2. The van der Waals surface area contributed by atoms with Gasteiger partial charge in [0.2, 0.25) is 23.6 Å². The molecule has 0 fully saturated rings. The highest BCUT2D eigenvalue weighted by atomic mass is 16.5. The topological polar surface area (TPSA) is 218 Å². The van der Waals surface area contributed by atoms with Gasteiger partial charge in [0.1, 0.15) is 13.2 Å². The van der Waals surface area contributed by atoms with Crippen LogP contribution in [-0.2, 0) is 32.4 Å². The molecule has 0 aliphatic carbocycles. The first-order valence-corrected chi connectivity index (χ1v) is 18.4. The van der Waals surface area contributed by atoms with Crippen LogP contribution in [0.3, 0.4) is 0 Å². The van der Waals surface area contributed by atoms with Crippen molar-refractivity contribution >= 4 is 36.1 Å². The predicted molar refractivity (Wildman–Crippen MR) is 208 cm³/mol. The van der Waals surface area contributed by atoms with Gasteiger partial charge in [-0.1, -0.05) is 49.9 Å². The number of carbonyl (C=O) groups is 4. The lowest BCUT2D eigenvalue weighted by molar-refractivity contribution is -0.130. The lowest BCUT2D eigenvalue weighted by Crippen LogP contribution is -2.18. The third kappa shape index (κ3) is 17.4. The maximum atomic E-state index is 12.1. The lowest BCUT2D eigenvalue weighted by Gasteiger charge is -2.13. The third-order valence-corrected chi connectivity index (χ3v) is 8.36. The Morgan fingerprint density at radius 1 is 0.518 bits per heavy atom. The zero-order chi connectivity index (χ0) is 40.4. The van der Waals surface area contributed by atoms with Gasteiger partial charge < -0.3 is 18.9 Å². The Hall–Kier alpha value is -6.00. The molecule has 0 saturated heterocycles. The molecule has 0 bridgehead atoms. The zero-order valence-corrected chi connectivity index (χ0v) is 31.9. The molecule has 4 amide bonds. The highest BCUT2D eigenvalue weighted by Crippen LogP contribution is 2.30. The van der Waals surface area contributed by atoms with Gasteiger partial charge in [-0.3, -0.25) is 29.6 Å². The number of hydrogen-bond donors (Lipinski definition) is 6. The molecule has 0 unspecified atom stereocenters. The van der Waals surface area contributed by atoms with E-state index in [1.54, 1.807) is 61.6 Å². The molecule has 6 N–H and O–H groups in total. The average Bonchev–Trinajstić information content (AvgIpc) is 3.22. The van der Waals surface area contributed by atoms with Gasteiger partial charge in [0, 0.05) is 25.7 Å². The Balaban J connectivity index is 1.39. The smallest absolute Gasteiger partial charge is 0.243 e. The van der Waals surface area contributed by atoms with Crippen LogP contribution in [0.1, 0.15) is 99.3 Å². The minimum absolute atomic E-state index is 0.203. The summed E-state index contributed by atoms with van der Waals surface area (Å²) < 4.78 is 23.1. The van der Waals surface area contributed by atoms with Crippen molar-refractivity contribution in [3.8, 4) is 23.0 Å². The Kier molecular flexibility index (Phi) is 20.5. The first-order chi connectivity index (χ1) is 27.2. The number of amides is 4. The summed E-state index contributed by atoms with van der Waals surface area (Å²) in [5.74, 6) is 0.911. The predicted octanol–water partition coefficient (Wildman–Crippen LogP) is 5.45. The molecule has 0 heterocycles. The van der Waals surface area contributed by atoms with Crippen molar-refractivity contribution in [3.63, 3.8) is 0 Å². The van der Waals surface area contributed by atoms with Gasteiger partial charge in [-0.15, -0.1) is 0 Å². The summed E-state index contributed by atoms with van der Waals surface area (Å²) >= 11 is 0. The zero-order valence-electron chi connectivity index (χ0n) is 31.9. The Labute approximate surface area is 326 Å². The second kappa shape index (κ2) is 25.9. The largest absolute Gasteiger partial charge is 0.493 e. The van der Waals surface area contributed by atoms with E-state index in [0.717, 1.165) is 36.8 Å². The first kappa shape index (κ1) is 44.4. The van der Waals surface area contributed by atoms with Crippen LogP contribution in [0.25, 0.3) is 0 Å². The third-order valence-electron chi connectivity index (χ3n) is 8.36. The van der Waals surface area contributed by atoms with E-state index < -0.39 is 11.8 Å². The average molecular weight is 777 g/mol. The van der Waals surface area contributed by atoms with E-state index in [-0.39, 0.29) is 24.7 Å². The van der Waals surface area contributed by atoms with Crippen LogP contribution in [0, 0.1) is 0 Å². The molecule has 3 rings (SSSR count). The fourth-order valence-corrected chi connectivity index (χ4v) is 5.25. The van der Waals surface area contributed by atoms with Crippen molar-refractivity contribution < 1.29 is 48.5 Å². The maximum absolute atomic E-state index is 12.1. The van der Waals surface area contributed by atoms with E-state index in [4.69, 9.17) is 29.4 Å². The number of carbonyl (C=O) groups excluding carboxylic acids is 4. The van der Waals surface area contributed by atoms with Gasteiger partial charge >= 0.3 is 0 Å². The SMILES string of the molecule is COc1cc(C=NNC(=O)CCCCCCC(=O)NO)ccc1OCc1ccc(COc2ccc(C=NNC(=O)CCCCCCC(=O)NO)cc2OC)cc1. The van der Waals surface area contributed by atoms with E-state index in [1.807, 2.05) is 24.3 Å². The molecule has 0 aliphatic heterocycles. The van der Waals surface area contributed by atoms with Gasteiger partial charge in [0.25, 0.3) is 0 Å². The van der Waals surface area contributed by atoms with Crippen LogP contribution in [0.5, 0.6) is 23.0 Å². The van der Waals surface area contributed by atoms with Gasteiger partial charge in [-0.05, 0) is 84.3 Å². The molecule has 16 heteroatoms. The minimum atomic E-state index is -0.410. The molecule has 0 aromatic heterocycles. The lowest BCUT2D eigenvalue weighted by atomic mass is 10.1. The standard InChI is InChI=1S/C40H52N6O10/c1-53-35-23-31(25-41-43-37(47)11-7-3-5-9-13-39(49)45-51)19-21-33(35)55-27-29-15-17-30(18-16-29)28-56-34-22-20-32(24-36(34)54-2)26-42-44-38(48)12-8-4-6-10-14-40(50)46-52/h15-26,51-52H,3-14,27-28H2,1-2H3,(H,43,47)(H,44,48)(H,45,49)(H,46,50). The molecule has 0 saturated carbocycles. The number of hydrazone groups is 2. The van der Waals surface area contributed by atoms with Crippen molar-refractivity contribution in [1.29, 1.82) is 0 Å². The van der Waals surface area contributed by atoms with Gasteiger partial charge in [0.05, 0.1) is 26.6 Å². The Morgan fingerprint density at radius 2 is 0.875 bits per heavy atom. The number of rotatable bonds is 26. The van der Waals surface area contributed by atoms with Gasteiger partial charge in [-0.2, -0.15) is 10.2 Å². The van der Waals surface area contributed by atoms with E-state index in [0.29, 0.717) is 85.9 Å². The van der Waals surface area contributed by atoms with Crippen molar-refractivity contribution in [3.05, 3.63) is 82.9 Å². The Morgan fingerprint density at radius 3 is 1.21 bits per heavy atom. The molecule has 302 valence electrons. The van der Waals surface area contributed by atoms with E-state index in [1.165, 1.54) is 12.4 Å². The van der Waals surface area contributed by atoms with E-state index >= 15 is 0 Å². The molecule has 0 atom stereocenters. The normalized spacial score (nSPS) is 10.9. The summed E-state index contributed by atoms with van der Waals surface area (Å²) in [6.45, 7) is 0.612. The van der Waals surface area contributed by atoms with Crippen LogP contribution in [0.15, 0.2) is 70.9 Å². The van der Waals surface area contributed by atoms with Gasteiger partial charge in [0.15, 0.2) is 23.0 Å². The van der Waals surface area contributed by atoms with Gasteiger partial charge in [-0.25, -0.2) is 21.8 Å². The maximum Gasteiger partial charge on any atom is 0.243 e. The van der Waals surface area contributed by atoms with Crippen molar-refractivity contribution in [1.82, 2.24) is 21.8 Å². The second-order valence-corrected chi connectivity index (χ2v) is 12.7. The van der Waals surface area contributed by atoms with Crippen LogP contribution in [0.4, 0.5) is 0 Å². The quantitative estimate of drug-likeness (QED) is 0.0262. The van der Waals surface area contributed by atoms with Crippen molar-refractivity contribution in [2.24, 2.45) is 10.2 Å². The number of nitrogens with one attached hydrogen (secondary N) is 4. The minimum Gasteiger partial charge on any atom is -0.493 e. The molecule has 0 radical (unpaired) electrons. The summed E-state index contributed by atoms with van der Waals surface area (Å²) in [5.41, 5.74) is 11.6. The van der Waals surface area contributed by atoms with Crippen LogP contribution in [0.2, 0.25) is 0 Å². The number of methoxy groups -OCH3 is 2. The fourth-order valence-electron chi connectivity index (χ4n) is 5.25. The second-order valence-electron chi connectivity index (χ2n) is 12.7. The molecule has 56 heavy (non-hydrogen) atoms. The first-order valence-electron chi connectivity index (χ1n) is 18.4. The molecule has 0 spiro atoms. The number of hydrogen-bond acceptors (Lipinski definition) is 12. The number of unbranched alkanes of at least 4 members (excludes halogenated alkanes) is 6. The molecule has 3 aromatic rings. The molecule has 3 aromatic carbocycles.